The van der Waals surface area contributed by atoms with E-state index in [9.17, 15) is 4.39 Å². The van der Waals surface area contributed by atoms with Crippen molar-refractivity contribution in [2.45, 2.75) is 12.8 Å². The highest BCUT2D eigenvalue weighted by atomic mass is 19.1. The molecule has 1 aromatic carbocycles. The van der Waals surface area contributed by atoms with Crippen molar-refractivity contribution in [2.24, 2.45) is 5.92 Å². The van der Waals surface area contributed by atoms with Gasteiger partial charge >= 0.3 is 0 Å². The van der Waals surface area contributed by atoms with Crippen LogP contribution in [0.3, 0.4) is 0 Å². The Balaban J connectivity index is 1.86. The van der Waals surface area contributed by atoms with Crippen LogP contribution in [0, 0.1) is 11.7 Å². The number of hydrogen-bond acceptors (Lipinski definition) is 3. The molecule has 16 heavy (non-hydrogen) atoms. The van der Waals surface area contributed by atoms with Crippen LogP contribution in [0.5, 0.6) is 5.75 Å². The second-order valence-electron chi connectivity index (χ2n) is 4.24. The third kappa shape index (κ3) is 2.85. The first kappa shape index (κ1) is 11.2. The van der Waals surface area contributed by atoms with Gasteiger partial charge in [-0.05, 0) is 44.0 Å². The van der Waals surface area contributed by atoms with E-state index in [-0.39, 0.29) is 5.75 Å². The summed E-state index contributed by atoms with van der Waals surface area (Å²) in [6.07, 6.45) is 2.32. The van der Waals surface area contributed by atoms with E-state index in [0.29, 0.717) is 5.92 Å². The first-order chi connectivity index (χ1) is 7.75. The quantitative estimate of drug-likeness (QED) is 0.687. The summed E-state index contributed by atoms with van der Waals surface area (Å²) in [5.74, 6) is -0.221. The van der Waals surface area contributed by atoms with Crippen molar-refractivity contribution < 1.29 is 9.50 Å². The Kier molecular flexibility index (Phi) is 3.62. The van der Waals surface area contributed by atoms with Crippen LogP contribution in [0.4, 0.5) is 10.1 Å². The lowest BCUT2D eigenvalue weighted by atomic mass is 9.98. The number of piperidine rings is 1. The monoisotopic (exact) mass is 224 g/mol. The van der Waals surface area contributed by atoms with E-state index in [1.54, 1.807) is 6.07 Å². The van der Waals surface area contributed by atoms with Crippen LogP contribution in [0.15, 0.2) is 18.2 Å². The molecule has 0 spiro atoms. The Hall–Kier alpha value is -1.29. The summed E-state index contributed by atoms with van der Waals surface area (Å²) in [4.78, 5) is 0. The second-order valence-corrected chi connectivity index (χ2v) is 4.24. The molecule has 4 heteroatoms. The topological polar surface area (TPSA) is 44.3 Å². The number of hydrogen-bond donors (Lipinski definition) is 3. The Bertz CT molecular complexity index is 351. The van der Waals surface area contributed by atoms with E-state index in [0.717, 1.165) is 38.2 Å². The molecular weight excluding hydrogens is 207 g/mol. The van der Waals surface area contributed by atoms with E-state index >= 15 is 0 Å². The van der Waals surface area contributed by atoms with Gasteiger partial charge in [0.2, 0.25) is 0 Å². The zero-order valence-electron chi connectivity index (χ0n) is 9.17. The molecule has 1 aliphatic heterocycles. The van der Waals surface area contributed by atoms with Crippen molar-refractivity contribution in [3.63, 3.8) is 0 Å². The standard InChI is InChI=1S/C12H17FN2O/c13-11-7-10(1-2-12(11)16)15-8-9-3-5-14-6-4-9/h1-2,7,9,14-16H,3-6,8H2. The fraction of sp³-hybridized carbons (Fsp3) is 0.500. The minimum atomic E-state index is -0.574. The molecule has 0 bridgehead atoms. The van der Waals surface area contributed by atoms with Gasteiger partial charge in [-0.25, -0.2) is 4.39 Å². The molecule has 3 nitrogen and oxygen atoms in total. The van der Waals surface area contributed by atoms with Crippen LogP contribution < -0.4 is 10.6 Å². The molecule has 1 heterocycles. The van der Waals surface area contributed by atoms with Crippen molar-refractivity contribution in [3.8, 4) is 5.75 Å². The van der Waals surface area contributed by atoms with Crippen LogP contribution >= 0.6 is 0 Å². The summed E-state index contributed by atoms with van der Waals surface area (Å²) >= 11 is 0. The fourth-order valence-corrected chi connectivity index (χ4v) is 1.96. The molecule has 0 atom stereocenters. The van der Waals surface area contributed by atoms with Crippen LogP contribution in [0.2, 0.25) is 0 Å². The van der Waals surface area contributed by atoms with Crippen molar-refractivity contribution in [3.05, 3.63) is 24.0 Å². The molecule has 0 aliphatic carbocycles. The lowest BCUT2D eigenvalue weighted by Crippen LogP contribution is -2.31. The fourth-order valence-electron chi connectivity index (χ4n) is 1.96. The molecule has 1 aromatic rings. The summed E-state index contributed by atoms with van der Waals surface area (Å²) in [5, 5.41) is 15.6. The number of halogens is 1. The lowest BCUT2D eigenvalue weighted by Gasteiger charge is -2.23. The van der Waals surface area contributed by atoms with Gasteiger partial charge < -0.3 is 15.7 Å². The number of anilines is 1. The third-order valence-electron chi connectivity index (χ3n) is 3.00. The zero-order valence-corrected chi connectivity index (χ0v) is 9.17. The molecule has 0 radical (unpaired) electrons. The van der Waals surface area contributed by atoms with Crippen molar-refractivity contribution in [1.29, 1.82) is 0 Å². The lowest BCUT2D eigenvalue weighted by molar-refractivity contribution is 0.389. The van der Waals surface area contributed by atoms with E-state index in [2.05, 4.69) is 10.6 Å². The molecule has 0 unspecified atom stereocenters. The summed E-state index contributed by atoms with van der Waals surface area (Å²) < 4.78 is 13.0. The minimum absolute atomic E-state index is 0.299. The average molecular weight is 224 g/mol. The molecule has 0 amide bonds. The minimum Gasteiger partial charge on any atom is -0.505 e. The van der Waals surface area contributed by atoms with Gasteiger partial charge in [-0.3, -0.25) is 0 Å². The number of benzene rings is 1. The number of phenolic OH excluding ortho intramolecular Hbond substituents is 1. The van der Waals surface area contributed by atoms with Crippen molar-refractivity contribution in [1.82, 2.24) is 5.32 Å². The largest absolute Gasteiger partial charge is 0.505 e. The summed E-state index contributed by atoms with van der Waals surface area (Å²) in [6, 6.07) is 4.40. The maximum absolute atomic E-state index is 13.0. The van der Waals surface area contributed by atoms with Gasteiger partial charge in [0.15, 0.2) is 11.6 Å². The van der Waals surface area contributed by atoms with Gasteiger partial charge in [-0.1, -0.05) is 0 Å². The van der Waals surface area contributed by atoms with E-state index in [4.69, 9.17) is 5.11 Å². The average Bonchev–Trinajstić information content (AvgIpc) is 2.32. The Morgan fingerprint density at radius 1 is 1.38 bits per heavy atom. The smallest absolute Gasteiger partial charge is 0.166 e. The number of aromatic hydroxyl groups is 1. The Morgan fingerprint density at radius 3 is 2.81 bits per heavy atom. The normalized spacial score (nSPS) is 17.3. The molecule has 0 aromatic heterocycles. The van der Waals surface area contributed by atoms with Crippen molar-refractivity contribution >= 4 is 5.69 Å². The molecule has 1 fully saturated rings. The van der Waals surface area contributed by atoms with E-state index in [1.165, 1.54) is 12.1 Å². The van der Waals surface area contributed by atoms with Gasteiger partial charge in [0, 0.05) is 18.3 Å². The van der Waals surface area contributed by atoms with Gasteiger partial charge in [0.1, 0.15) is 0 Å². The first-order valence-corrected chi connectivity index (χ1v) is 5.69. The third-order valence-corrected chi connectivity index (χ3v) is 3.00. The SMILES string of the molecule is Oc1ccc(NCC2CCNCC2)cc1F. The maximum atomic E-state index is 13.0. The molecular formula is C12H17FN2O. The van der Waals surface area contributed by atoms with Crippen LogP contribution in [-0.4, -0.2) is 24.7 Å². The number of phenols is 1. The van der Waals surface area contributed by atoms with Crippen LogP contribution in [-0.2, 0) is 0 Å². The van der Waals surface area contributed by atoms with Gasteiger partial charge in [0.25, 0.3) is 0 Å². The zero-order chi connectivity index (χ0) is 11.4. The van der Waals surface area contributed by atoms with Crippen LogP contribution in [0.25, 0.3) is 0 Å². The van der Waals surface area contributed by atoms with E-state index in [1.807, 2.05) is 0 Å². The van der Waals surface area contributed by atoms with Crippen molar-refractivity contribution in [2.75, 3.05) is 25.0 Å². The summed E-state index contributed by atoms with van der Waals surface area (Å²) in [5.41, 5.74) is 0.730. The highest BCUT2D eigenvalue weighted by Crippen LogP contribution is 2.20. The highest BCUT2D eigenvalue weighted by Gasteiger charge is 2.12. The molecule has 3 N–H and O–H groups in total. The van der Waals surface area contributed by atoms with E-state index < -0.39 is 5.82 Å². The summed E-state index contributed by atoms with van der Waals surface area (Å²) in [6.45, 7) is 3.00. The first-order valence-electron chi connectivity index (χ1n) is 5.69. The Morgan fingerprint density at radius 2 is 2.12 bits per heavy atom. The number of rotatable bonds is 3. The number of nitrogens with one attached hydrogen (secondary N) is 2. The highest BCUT2D eigenvalue weighted by molar-refractivity contribution is 5.46. The maximum Gasteiger partial charge on any atom is 0.166 e. The van der Waals surface area contributed by atoms with Crippen LogP contribution in [0.1, 0.15) is 12.8 Å². The van der Waals surface area contributed by atoms with Gasteiger partial charge in [0.05, 0.1) is 0 Å². The predicted octanol–water partition coefficient (Wildman–Crippen LogP) is 1.94. The van der Waals surface area contributed by atoms with Gasteiger partial charge in [-0.2, -0.15) is 0 Å². The summed E-state index contributed by atoms with van der Waals surface area (Å²) in [7, 11) is 0. The molecule has 0 saturated carbocycles. The molecule has 2 rings (SSSR count). The Labute approximate surface area is 94.7 Å². The molecule has 1 aliphatic rings. The molecule has 1 saturated heterocycles. The van der Waals surface area contributed by atoms with Gasteiger partial charge in [-0.15, -0.1) is 0 Å². The second kappa shape index (κ2) is 5.16. The molecule has 88 valence electrons. The predicted molar refractivity (Wildman–Crippen MR) is 62.1 cm³/mol.